The third-order valence-electron chi connectivity index (χ3n) is 5.86. The number of amides is 1. The van der Waals surface area contributed by atoms with E-state index in [4.69, 9.17) is 0 Å². The number of aromatic amines is 2. The number of fused-ring (bicyclic) bond motifs is 2. The van der Waals surface area contributed by atoms with Gasteiger partial charge in [0, 0.05) is 63.7 Å². The molecule has 0 atom stereocenters. The van der Waals surface area contributed by atoms with Gasteiger partial charge in [-0.3, -0.25) is 14.9 Å². The van der Waals surface area contributed by atoms with Gasteiger partial charge in [-0.15, -0.1) is 11.3 Å². The molecule has 6 aromatic rings. The number of hydrogen-bond donors (Lipinski definition) is 3. The molecule has 0 unspecified atom stereocenters. The molecule has 3 N–H and O–H groups in total. The molecule has 1 amide bonds. The van der Waals surface area contributed by atoms with Gasteiger partial charge in [-0.2, -0.15) is 5.10 Å². The number of carbonyl (C=O) groups is 1. The second-order valence-electron chi connectivity index (χ2n) is 8.19. The quantitative estimate of drug-likeness (QED) is 0.312. The van der Waals surface area contributed by atoms with Crippen molar-refractivity contribution < 1.29 is 4.79 Å². The van der Waals surface area contributed by atoms with Crippen LogP contribution in [0.2, 0.25) is 0 Å². The van der Waals surface area contributed by atoms with Crippen LogP contribution in [0.25, 0.3) is 55.0 Å². The number of aromatic nitrogens is 6. The van der Waals surface area contributed by atoms with Crippen LogP contribution in [0.5, 0.6) is 0 Å². The van der Waals surface area contributed by atoms with Gasteiger partial charge in [-0.05, 0) is 48.2 Å². The molecule has 6 rings (SSSR count). The van der Waals surface area contributed by atoms with Crippen molar-refractivity contribution in [1.82, 2.24) is 35.5 Å². The Kier molecular flexibility index (Phi) is 5.31. The summed E-state index contributed by atoms with van der Waals surface area (Å²) in [7, 11) is 0. The molecule has 0 fully saturated rings. The van der Waals surface area contributed by atoms with Crippen molar-refractivity contribution >= 4 is 39.3 Å². The lowest BCUT2D eigenvalue weighted by molar-refractivity contribution is -0.120. The second-order valence-corrected chi connectivity index (χ2v) is 9.13. The van der Waals surface area contributed by atoms with E-state index in [1.54, 1.807) is 29.9 Å². The van der Waals surface area contributed by atoms with E-state index in [0.717, 1.165) is 50.1 Å². The number of pyridine rings is 3. The van der Waals surface area contributed by atoms with Crippen molar-refractivity contribution in [2.45, 2.75) is 13.3 Å². The van der Waals surface area contributed by atoms with Crippen LogP contribution >= 0.6 is 11.3 Å². The van der Waals surface area contributed by atoms with Gasteiger partial charge in [0.25, 0.3) is 0 Å². The molecular formula is C26H21N7OS. The first-order valence-corrected chi connectivity index (χ1v) is 12.1. The summed E-state index contributed by atoms with van der Waals surface area (Å²) in [6.45, 7) is 2.51. The normalized spacial score (nSPS) is 11.3. The molecule has 0 radical (unpaired) electrons. The van der Waals surface area contributed by atoms with Crippen molar-refractivity contribution in [3.8, 4) is 33.0 Å². The Hall–Kier alpha value is -4.37. The van der Waals surface area contributed by atoms with Crippen LogP contribution in [0.4, 0.5) is 0 Å². The van der Waals surface area contributed by atoms with Crippen molar-refractivity contribution in [3.05, 3.63) is 72.1 Å². The number of likely N-dealkylation sites (N-methyl/N-ethyl adjacent to an activating group) is 1. The zero-order valence-corrected chi connectivity index (χ0v) is 19.7. The zero-order valence-electron chi connectivity index (χ0n) is 18.9. The van der Waals surface area contributed by atoms with Gasteiger partial charge in [-0.25, -0.2) is 9.97 Å². The van der Waals surface area contributed by atoms with Crippen molar-refractivity contribution in [2.75, 3.05) is 6.54 Å². The van der Waals surface area contributed by atoms with Crippen LogP contribution in [-0.2, 0) is 11.2 Å². The van der Waals surface area contributed by atoms with Gasteiger partial charge in [0.1, 0.15) is 5.65 Å². The summed E-state index contributed by atoms with van der Waals surface area (Å²) in [6, 6.07) is 12.3. The number of thiophene rings is 1. The maximum Gasteiger partial charge on any atom is 0.224 e. The van der Waals surface area contributed by atoms with Gasteiger partial charge in [0.2, 0.25) is 5.91 Å². The molecule has 9 heteroatoms. The molecule has 0 saturated carbocycles. The predicted molar refractivity (Wildman–Crippen MR) is 138 cm³/mol. The summed E-state index contributed by atoms with van der Waals surface area (Å²) in [5.74, 6) is -0.0218. The fourth-order valence-electron chi connectivity index (χ4n) is 4.26. The minimum atomic E-state index is -0.0218. The van der Waals surface area contributed by atoms with Gasteiger partial charge < -0.3 is 10.3 Å². The highest BCUT2D eigenvalue weighted by atomic mass is 32.1. The van der Waals surface area contributed by atoms with Gasteiger partial charge in [-0.1, -0.05) is 6.07 Å². The third kappa shape index (κ3) is 3.95. The van der Waals surface area contributed by atoms with Crippen molar-refractivity contribution in [3.63, 3.8) is 0 Å². The number of H-pyrrole nitrogens is 2. The van der Waals surface area contributed by atoms with Crippen LogP contribution in [-0.4, -0.2) is 42.6 Å². The molecule has 0 bridgehead atoms. The molecule has 0 aromatic carbocycles. The van der Waals surface area contributed by atoms with Gasteiger partial charge in [0.05, 0.1) is 17.8 Å². The Morgan fingerprint density at radius 1 is 1.06 bits per heavy atom. The van der Waals surface area contributed by atoms with E-state index in [9.17, 15) is 4.79 Å². The average Bonchev–Trinajstić information content (AvgIpc) is 3.63. The van der Waals surface area contributed by atoms with Crippen molar-refractivity contribution in [2.24, 2.45) is 0 Å². The number of carbonyl (C=O) groups excluding carboxylic acids is 1. The monoisotopic (exact) mass is 479 g/mol. The Bertz CT molecular complexity index is 1670. The molecule has 0 saturated heterocycles. The zero-order chi connectivity index (χ0) is 23.8. The van der Waals surface area contributed by atoms with Crippen LogP contribution in [0.1, 0.15) is 12.5 Å². The summed E-state index contributed by atoms with van der Waals surface area (Å²) in [5.41, 5.74) is 6.97. The van der Waals surface area contributed by atoms with Gasteiger partial charge >= 0.3 is 0 Å². The highest BCUT2D eigenvalue weighted by molar-refractivity contribution is 7.13. The molecule has 0 aliphatic rings. The first-order chi connectivity index (χ1) is 17.2. The maximum atomic E-state index is 12.0. The van der Waals surface area contributed by atoms with E-state index in [1.165, 1.54) is 4.88 Å². The minimum Gasteiger partial charge on any atom is -0.356 e. The van der Waals surface area contributed by atoms with E-state index in [-0.39, 0.29) is 12.3 Å². The highest BCUT2D eigenvalue weighted by Gasteiger charge is 2.16. The first kappa shape index (κ1) is 21.2. The van der Waals surface area contributed by atoms with E-state index >= 15 is 0 Å². The third-order valence-corrected chi connectivity index (χ3v) is 6.77. The number of nitrogens with one attached hydrogen (secondary N) is 3. The molecule has 172 valence electrons. The fourth-order valence-corrected chi connectivity index (χ4v) is 5.02. The van der Waals surface area contributed by atoms with E-state index < -0.39 is 0 Å². The summed E-state index contributed by atoms with van der Waals surface area (Å²) in [4.78, 5) is 30.1. The molecule has 35 heavy (non-hydrogen) atoms. The minimum absolute atomic E-state index is 0.0218. The molecule has 6 aromatic heterocycles. The largest absolute Gasteiger partial charge is 0.356 e. The fraction of sp³-hybridized carbons (Fsp3) is 0.115. The number of nitrogens with zero attached hydrogens (tertiary/aromatic N) is 4. The van der Waals surface area contributed by atoms with E-state index in [2.05, 4.69) is 59.0 Å². The molecule has 0 aliphatic heterocycles. The summed E-state index contributed by atoms with van der Waals surface area (Å²) in [5, 5.41) is 14.4. The number of hydrogen-bond acceptors (Lipinski definition) is 6. The molecule has 8 nitrogen and oxygen atoms in total. The number of rotatable bonds is 6. The molecule has 0 aliphatic carbocycles. The molecular weight excluding hydrogens is 458 g/mol. The predicted octanol–water partition coefficient (Wildman–Crippen LogP) is 4.97. The van der Waals surface area contributed by atoms with Crippen LogP contribution in [0.15, 0.2) is 66.6 Å². The lowest BCUT2D eigenvalue weighted by Crippen LogP contribution is -2.24. The van der Waals surface area contributed by atoms with Crippen LogP contribution < -0.4 is 5.32 Å². The average molecular weight is 480 g/mol. The van der Waals surface area contributed by atoms with Crippen LogP contribution in [0.3, 0.4) is 0 Å². The maximum absolute atomic E-state index is 12.0. The SMILES string of the molecule is CCNC(=O)Cc1cncc(-c2cnc3n[nH]c(-c4cc5c(-c6cccs6)ccnc5[nH]4)c3c2)c1. The molecule has 6 heterocycles. The Morgan fingerprint density at radius 3 is 2.83 bits per heavy atom. The lowest BCUT2D eigenvalue weighted by Gasteiger charge is -2.06. The summed E-state index contributed by atoms with van der Waals surface area (Å²) >= 11 is 1.70. The highest BCUT2D eigenvalue weighted by Crippen LogP contribution is 2.35. The topological polar surface area (TPSA) is 112 Å². The lowest BCUT2D eigenvalue weighted by atomic mass is 10.0. The first-order valence-electron chi connectivity index (χ1n) is 11.3. The van der Waals surface area contributed by atoms with Crippen molar-refractivity contribution in [1.29, 1.82) is 0 Å². The Balaban J connectivity index is 1.40. The standard InChI is InChI=1S/C26H21N7OS/c1-2-28-23(34)9-15-8-16(13-27-12-15)17-10-20-24(32-33-26(20)30-14-17)21-11-19-18(22-4-3-7-35-22)5-6-29-25(19)31-21/h3-8,10-14H,2,9H2,1H3,(H,28,34)(H,29,31)(H,30,32,33). The van der Waals surface area contributed by atoms with E-state index in [1.807, 2.05) is 31.3 Å². The second kappa shape index (κ2) is 8.77. The van der Waals surface area contributed by atoms with Gasteiger partial charge in [0.15, 0.2) is 5.65 Å². The Labute approximate surface area is 204 Å². The van der Waals surface area contributed by atoms with Crippen LogP contribution in [0, 0.1) is 0 Å². The smallest absolute Gasteiger partial charge is 0.224 e. The summed E-state index contributed by atoms with van der Waals surface area (Å²) in [6.07, 6.45) is 7.39. The molecule has 0 spiro atoms. The summed E-state index contributed by atoms with van der Waals surface area (Å²) < 4.78 is 0. The van der Waals surface area contributed by atoms with E-state index in [0.29, 0.717) is 12.2 Å². The Morgan fingerprint density at radius 2 is 1.97 bits per heavy atom.